The average Bonchev–Trinajstić information content (AvgIpc) is 3.05. The van der Waals surface area contributed by atoms with Gasteiger partial charge < -0.3 is 9.72 Å². The molecule has 1 aliphatic heterocycles. The highest BCUT2D eigenvalue weighted by Crippen LogP contribution is 2.38. The van der Waals surface area contributed by atoms with Crippen LogP contribution in [-0.4, -0.2) is 29.1 Å². The molecule has 1 unspecified atom stereocenters. The van der Waals surface area contributed by atoms with Crippen molar-refractivity contribution in [3.8, 4) is 11.8 Å². The summed E-state index contributed by atoms with van der Waals surface area (Å²) in [5.41, 5.74) is 4.91. The maximum absolute atomic E-state index is 13.7. The smallest absolute Gasteiger partial charge is 0.411 e. The molecule has 0 radical (unpaired) electrons. The second kappa shape index (κ2) is 7.40. The predicted octanol–water partition coefficient (Wildman–Crippen LogP) is 4.72. The van der Waals surface area contributed by atoms with Crippen molar-refractivity contribution in [2.75, 3.05) is 13.2 Å². The highest BCUT2D eigenvalue weighted by molar-refractivity contribution is 5.86. The Balaban J connectivity index is 1.80. The molecule has 4 nitrogen and oxygen atoms in total. The molecule has 0 aliphatic carbocycles. The van der Waals surface area contributed by atoms with Gasteiger partial charge >= 0.3 is 6.09 Å². The second-order valence-corrected chi connectivity index (χ2v) is 6.95. The lowest BCUT2D eigenvalue weighted by Gasteiger charge is -2.35. The third-order valence-electron chi connectivity index (χ3n) is 5.16. The van der Waals surface area contributed by atoms with E-state index in [2.05, 4.69) is 16.8 Å². The molecule has 0 fully saturated rings. The van der Waals surface area contributed by atoms with Crippen LogP contribution >= 0.6 is 0 Å². The van der Waals surface area contributed by atoms with Crippen molar-refractivity contribution in [2.24, 2.45) is 0 Å². The minimum atomic E-state index is -0.399. The van der Waals surface area contributed by atoms with Crippen LogP contribution in [0.15, 0.2) is 42.5 Å². The summed E-state index contributed by atoms with van der Waals surface area (Å²) in [5.74, 6) is 5.20. The van der Waals surface area contributed by atoms with Crippen LogP contribution in [0.25, 0.3) is 10.9 Å². The summed E-state index contributed by atoms with van der Waals surface area (Å²) >= 11 is 0. The lowest BCUT2D eigenvalue weighted by atomic mass is 9.92. The Labute approximate surface area is 163 Å². The van der Waals surface area contributed by atoms with Crippen molar-refractivity contribution < 1.29 is 13.9 Å². The first-order valence-electron chi connectivity index (χ1n) is 9.28. The number of ether oxygens (including phenoxy) is 1. The zero-order chi connectivity index (χ0) is 19.7. The number of carbonyl (C=O) groups excluding carboxylic acids is 1. The van der Waals surface area contributed by atoms with Gasteiger partial charge in [0, 0.05) is 23.1 Å². The van der Waals surface area contributed by atoms with Gasteiger partial charge in [-0.05, 0) is 49.6 Å². The number of aromatic nitrogens is 1. The van der Waals surface area contributed by atoms with E-state index in [9.17, 15) is 9.18 Å². The number of aryl methyl sites for hydroxylation is 1. The van der Waals surface area contributed by atoms with Crippen LogP contribution in [0.2, 0.25) is 0 Å². The van der Waals surface area contributed by atoms with E-state index in [-0.39, 0.29) is 18.5 Å². The number of H-pyrrole nitrogens is 1. The molecule has 4 rings (SSSR count). The largest absolute Gasteiger partial charge is 0.436 e. The van der Waals surface area contributed by atoms with Crippen LogP contribution in [0.1, 0.15) is 35.3 Å². The van der Waals surface area contributed by atoms with Crippen molar-refractivity contribution in [3.05, 3.63) is 70.7 Å². The molecule has 0 saturated heterocycles. The minimum Gasteiger partial charge on any atom is -0.436 e. The van der Waals surface area contributed by atoms with Crippen LogP contribution in [0.3, 0.4) is 0 Å². The molecular weight excluding hydrogens is 355 g/mol. The molecule has 1 N–H and O–H groups in total. The zero-order valence-electron chi connectivity index (χ0n) is 15.9. The molecule has 2 heterocycles. The number of halogens is 1. The topological polar surface area (TPSA) is 45.3 Å². The molecule has 0 saturated carbocycles. The standard InChI is InChI=1S/C23H21FN2O2/c1-3-4-13-28-23(27)26-12-11-19-18-10-9-17(24)14-20(18)25-21(19)22(26)16-7-5-15(2)6-8-16/h5-10,14,22,25H,11-13H2,1-2H3. The van der Waals surface area contributed by atoms with Crippen LogP contribution in [0.5, 0.6) is 0 Å². The SMILES string of the molecule is CC#CCOC(=O)N1CCc2c([nH]c3cc(F)ccc23)C1c1ccc(C)cc1. The van der Waals surface area contributed by atoms with Gasteiger partial charge in [0.05, 0.1) is 0 Å². The summed E-state index contributed by atoms with van der Waals surface area (Å²) in [4.78, 5) is 17.8. The van der Waals surface area contributed by atoms with Gasteiger partial charge in [0.2, 0.25) is 0 Å². The van der Waals surface area contributed by atoms with E-state index in [1.54, 1.807) is 17.9 Å². The Morgan fingerprint density at radius 2 is 2.07 bits per heavy atom. The molecular formula is C23H21FN2O2. The van der Waals surface area contributed by atoms with E-state index in [0.717, 1.165) is 33.3 Å². The molecule has 1 atom stereocenters. The van der Waals surface area contributed by atoms with Crippen molar-refractivity contribution in [2.45, 2.75) is 26.3 Å². The van der Waals surface area contributed by atoms with E-state index in [4.69, 9.17) is 4.74 Å². The summed E-state index contributed by atoms with van der Waals surface area (Å²) in [6, 6.07) is 12.6. The highest BCUT2D eigenvalue weighted by atomic mass is 19.1. The van der Waals surface area contributed by atoms with Gasteiger partial charge in [-0.25, -0.2) is 9.18 Å². The average molecular weight is 376 g/mol. The van der Waals surface area contributed by atoms with Crippen molar-refractivity contribution >= 4 is 17.0 Å². The van der Waals surface area contributed by atoms with Crippen molar-refractivity contribution in [1.82, 2.24) is 9.88 Å². The predicted molar refractivity (Wildman–Crippen MR) is 106 cm³/mol. The van der Waals surface area contributed by atoms with Gasteiger partial charge in [0.15, 0.2) is 6.61 Å². The molecule has 2 aromatic carbocycles. The third-order valence-corrected chi connectivity index (χ3v) is 5.16. The number of hydrogen-bond donors (Lipinski definition) is 1. The first-order chi connectivity index (χ1) is 13.6. The normalized spacial score (nSPS) is 15.7. The van der Waals surface area contributed by atoms with E-state index in [1.807, 2.05) is 31.2 Å². The molecule has 3 aromatic rings. The van der Waals surface area contributed by atoms with Crippen LogP contribution in [-0.2, 0) is 11.2 Å². The summed E-state index contributed by atoms with van der Waals surface area (Å²) in [7, 11) is 0. The number of fused-ring (bicyclic) bond motifs is 3. The van der Waals surface area contributed by atoms with E-state index in [1.165, 1.54) is 12.1 Å². The first-order valence-corrected chi connectivity index (χ1v) is 9.28. The Kier molecular flexibility index (Phi) is 4.79. The number of aromatic amines is 1. The maximum Gasteiger partial charge on any atom is 0.411 e. The Morgan fingerprint density at radius 3 is 2.82 bits per heavy atom. The summed E-state index contributed by atoms with van der Waals surface area (Å²) in [6.07, 6.45) is 0.279. The molecule has 0 spiro atoms. The third kappa shape index (κ3) is 3.22. The fraction of sp³-hybridized carbons (Fsp3) is 0.261. The van der Waals surface area contributed by atoms with Gasteiger partial charge in [-0.2, -0.15) is 0 Å². The monoisotopic (exact) mass is 376 g/mol. The maximum atomic E-state index is 13.7. The van der Waals surface area contributed by atoms with Gasteiger partial charge in [-0.1, -0.05) is 35.7 Å². The van der Waals surface area contributed by atoms with Gasteiger partial charge in [0.25, 0.3) is 0 Å². The van der Waals surface area contributed by atoms with Crippen molar-refractivity contribution in [3.63, 3.8) is 0 Å². The summed E-state index contributed by atoms with van der Waals surface area (Å²) in [5, 5.41) is 0.998. The number of amides is 1. The van der Waals surface area contributed by atoms with Crippen LogP contribution in [0.4, 0.5) is 9.18 Å². The fourth-order valence-electron chi connectivity index (χ4n) is 3.81. The molecule has 1 aliphatic rings. The van der Waals surface area contributed by atoms with Crippen LogP contribution < -0.4 is 0 Å². The Bertz CT molecular complexity index is 1090. The number of nitrogens with zero attached hydrogens (tertiary/aromatic N) is 1. The van der Waals surface area contributed by atoms with E-state index in [0.29, 0.717) is 13.0 Å². The minimum absolute atomic E-state index is 0.0667. The number of carbonyl (C=O) groups is 1. The molecule has 28 heavy (non-hydrogen) atoms. The molecule has 5 heteroatoms. The van der Waals surface area contributed by atoms with Gasteiger partial charge in [0.1, 0.15) is 11.9 Å². The lowest BCUT2D eigenvalue weighted by Crippen LogP contribution is -2.41. The molecule has 0 bridgehead atoms. The lowest BCUT2D eigenvalue weighted by molar-refractivity contribution is 0.0993. The van der Waals surface area contributed by atoms with Gasteiger partial charge in [-0.15, -0.1) is 5.92 Å². The zero-order valence-corrected chi connectivity index (χ0v) is 15.9. The fourth-order valence-corrected chi connectivity index (χ4v) is 3.81. The number of hydrogen-bond acceptors (Lipinski definition) is 2. The van der Waals surface area contributed by atoms with Crippen LogP contribution in [0, 0.1) is 24.6 Å². The molecule has 1 amide bonds. The Hall–Kier alpha value is -3.26. The molecule has 1 aromatic heterocycles. The van der Waals surface area contributed by atoms with Crippen molar-refractivity contribution in [1.29, 1.82) is 0 Å². The Morgan fingerprint density at radius 1 is 1.29 bits per heavy atom. The number of benzene rings is 2. The second-order valence-electron chi connectivity index (χ2n) is 6.95. The van der Waals surface area contributed by atoms with Gasteiger partial charge in [-0.3, -0.25) is 4.90 Å². The number of rotatable bonds is 2. The number of nitrogens with one attached hydrogen (secondary N) is 1. The quantitative estimate of drug-likeness (QED) is 0.658. The van der Waals surface area contributed by atoms with E-state index < -0.39 is 6.09 Å². The first kappa shape index (κ1) is 18.1. The summed E-state index contributed by atoms with van der Waals surface area (Å²) in [6.45, 7) is 4.32. The van der Waals surface area contributed by atoms with E-state index >= 15 is 0 Å². The molecule has 142 valence electrons. The summed E-state index contributed by atoms with van der Waals surface area (Å²) < 4.78 is 19.1. The highest BCUT2D eigenvalue weighted by Gasteiger charge is 2.35.